The maximum absolute atomic E-state index is 11.9. The molecule has 0 aliphatic heterocycles. The molecule has 27 heavy (non-hydrogen) atoms. The van der Waals surface area contributed by atoms with Crippen LogP contribution in [0.25, 0.3) is 10.9 Å². The first-order valence-electron chi connectivity index (χ1n) is 8.91. The van der Waals surface area contributed by atoms with Gasteiger partial charge in [0.15, 0.2) is 11.6 Å². The Morgan fingerprint density at radius 3 is 2.70 bits per heavy atom. The standard InChI is InChI=1S/C20H21N5O2/c1-25(12-13-3-7-16(27-2)8-4-13)19-18-15(9-10-21-19)11-17(23-24-18)22-20(26)14-5-6-14/h3-4,7-11,14H,5-6,12H2,1-2H3,(H,22,23,26). The molecule has 1 fully saturated rings. The monoisotopic (exact) mass is 363 g/mol. The van der Waals surface area contributed by atoms with Crippen LogP contribution in [0.4, 0.5) is 11.6 Å². The Labute approximate surface area is 157 Å². The minimum absolute atomic E-state index is 0.0227. The van der Waals surface area contributed by atoms with Gasteiger partial charge in [-0.1, -0.05) is 12.1 Å². The quantitative estimate of drug-likeness (QED) is 0.725. The average molecular weight is 363 g/mol. The molecule has 1 aliphatic carbocycles. The summed E-state index contributed by atoms with van der Waals surface area (Å²) in [6.45, 7) is 0.679. The smallest absolute Gasteiger partial charge is 0.228 e. The van der Waals surface area contributed by atoms with Crippen molar-refractivity contribution in [2.24, 2.45) is 5.92 Å². The van der Waals surface area contributed by atoms with E-state index in [1.165, 1.54) is 0 Å². The van der Waals surface area contributed by atoms with Crippen LogP contribution in [0.2, 0.25) is 0 Å². The molecule has 138 valence electrons. The fourth-order valence-electron chi connectivity index (χ4n) is 2.95. The lowest BCUT2D eigenvalue weighted by Crippen LogP contribution is -2.19. The number of carbonyl (C=O) groups is 1. The average Bonchev–Trinajstić information content (AvgIpc) is 3.53. The van der Waals surface area contributed by atoms with E-state index in [1.807, 2.05) is 48.3 Å². The van der Waals surface area contributed by atoms with Gasteiger partial charge in [0, 0.05) is 31.1 Å². The fraction of sp³-hybridized carbons (Fsp3) is 0.300. The van der Waals surface area contributed by atoms with Gasteiger partial charge in [-0.3, -0.25) is 4.79 Å². The number of hydrogen-bond acceptors (Lipinski definition) is 6. The van der Waals surface area contributed by atoms with Gasteiger partial charge >= 0.3 is 0 Å². The summed E-state index contributed by atoms with van der Waals surface area (Å²) < 4.78 is 5.20. The molecule has 0 spiro atoms. The maximum atomic E-state index is 11.9. The van der Waals surface area contributed by atoms with E-state index in [1.54, 1.807) is 13.3 Å². The largest absolute Gasteiger partial charge is 0.497 e. The van der Waals surface area contributed by atoms with Gasteiger partial charge in [-0.2, -0.15) is 0 Å². The Morgan fingerprint density at radius 2 is 2.00 bits per heavy atom. The summed E-state index contributed by atoms with van der Waals surface area (Å²) in [4.78, 5) is 18.4. The summed E-state index contributed by atoms with van der Waals surface area (Å²) in [7, 11) is 3.62. The third kappa shape index (κ3) is 3.81. The predicted molar refractivity (Wildman–Crippen MR) is 104 cm³/mol. The fourth-order valence-corrected chi connectivity index (χ4v) is 2.95. The highest BCUT2D eigenvalue weighted by atomic mass is 16.5. The van der Waals surface area contributed by atoms with Crippen LogP contribution < -0.4 is 15.0 Å². The third-order valence-electron chi connectivity index (χ3n) is 4.63. The Kier molecular flexibility index (Phi) is 4.58. The Morgan fingerprint density at radius 1 is 1.22 bits per heavy atom. The number of fused-ring (bicyclic) bond motifs is 1. The van der Waals surface area contributed by atoms with Crippen LogP contribution >= 0.6 is 0 Å². The second-order valence-electron chi connectivity index (χ2n) is 6.77. The molecule has 1 amide bonds. The predicted octanol–water partition coefficient (Wildman–Crippen LogP) is 3.02. The summed E-state index contributed by atoms with van der Waals surface area (Å²) in [5.41, 5.74) is 1.84. The molecule has 2 heterocycles. The molecular weight excluding hydrogens is 342 g/mol. The van der Waals surface area contributed by atoms with Crippen molar-refractivity contribution in [2.75, 3.05) is 24.4 Å². The zero-order chi connectivity index (χ0) is 18.8. The first-order chi connectivity index (χ1) is 13.1. The van der Waals surface area contributed by atoms with Gasteiger partial charge in [-0.05, 0) is 42.7 Å². The second-order valence-corrected chi connectivity index (χ2v) is 6.77. The number of amides is 1. The van der Waals surface area contributed by atoms with Crippen LogP contribution in [-0.2, 0) is 11.3 Å². The topological polar surface area (TPSA) is 80.2 Å². The van der Waals surface area contributed by atoms with Crippen LogP contribution in [0.1, 0.15) is 18.4 Å². The van der Waals surface area contributed by atoms with Gasteiger partial charge in [-0.25, -0.2) is 4.98 Å². The highest BCUT2D eigenvalue weighted by Crippen LogP contribution is 2.30. The Bertz CT molecular complexity index is 970. The van der Waals surface area contributed by atoms with Crippen molar-refractivity contribution in [3.8, 4) is 5.75 Å². The first-order valence-corrected chi connectivity index (χ1v) is 8.91. The molecule has 1 saturated carbocycles. The van der Waals surface area contributed by atoms with E-state index in [2.05, 4.69) is 20.5 Å². The van der Waals surface area contributed by atoms with Crippen LogP contribution in [0.5, 0.6) is 5.75 Å². The number of nitrogens with zero attached hydrogens (tertiary/aromatic N) is 4. The van der Waals surface area contributed by atoms with Crippen LogP contribution in [0.3, 0.4) is 0 Å². The van der Waals surface area contributed by atoms with Gasteiger partial charge in [0.25, 0.3) is 0 Å². The normalized spacial score (nSPS) is 13.4. The molecule has 0 unspecified atom stereocenters. The number of ether oxygens (including phenoxy) is 1. The van der Waals surface area contributed by atoms with Gasteiger partial charge in [0.2, 0.25) is 5.91 Å². The molecular formula is C20H21N5O2. The summed E-state index contributed by atoms with van der Waals surface area (Å²) in [5, 5.41) is 12.2. The lowest BCUT2D eigenvalue weighted by Gasteiger charge is -2.19. The van der Waals surface area contributed by atoms with E-state index >= 15 is 0 Å². The Hall–Kier alpha value is -3.22. The van der Waals surface area contributed by atoms with Crippen molar-refractivity contribution in [1.82, 2.24) is 15.2 Å². The van der Waals surface area contributed by atoms with Crippen molar-refractivity contribution in [1.29, 1.82) is 0 Å². The molecule has 0 atom stereocenters. The van der Waals surface area contributed by atoms with Crippen molar-refractivity contribution in [3.05, 3.63) is 48.2 Å². The number of carbonyl (C=O) groups excluding carboxylic acids is 1. The van der Waals surface area contributed by atoms with Gasteiger partial charge in [0.1, 0.15) is 11.3 Å². The maximum Gasteiger partial charge on any atom is 0.228 e. The lowest BCUT2D eigenvalue weighted by molar-refractivity contribution is -0.117. The number of hydrogen-bond donors (Lipinski definition) is 1. The highest BCUT2D eigenvalue weighted by molar-refractivity contribution is 5.96. The van der Waals surface area contributed by atoms with Crippen LogP contribution in [-0.4, -0.2) is 35.2 Å². The van der Waals surface area contributed by atoms with Crippen molar-refractivity contribution < 1.29 is 9.53 Å². The number of nitrogens with one attached hydrogen (secondary N) is 1. The van der Waals surface area contributed by atoms with E-state index < -0.39 is 0 Å². The molecule has 0 saturated heterocycles. The number of benzene rings is 1. The van der Waals surface area contributed by atoms with E-state index in [0.717, 1.165) is 35.4 Å². The van der Waals surface area contributed by atoms with Gasteiger partial charge in [-0.15, -0.1) is 10.2 Å². The van der Waals surface area contributed by atoms with Crippen LogP contribution in [0.15, 0.2) is 42.6 Å². The Balaban J connectivity index is 1.55. The highest BCUT2D eigenvalue weighted by Gasteiger charge is 2.29. The summed E-state index contributed by atoms with van der Waals surface area (Å²) >= 11 is 0. The molecule has 0 bridgehead atoms. The number of methoxy groups -OCH3 is 1. The van der Waals surface area contributed by atoms with Crippen molar-refractivity contribution in [2.45, 2.75) is 19.4 Å². The first kappa shape index (κ1) is 17.2. The molecule has 1 N–H and O–H groups in total. The van der Waals surface area contributed by atoms with Crippen molar-refractivity contribution in [3.63, 3.8) is 0 Å². The molecule has 0 radical (unpaired) electrons. The van der Waals surface area contributed by atoms with E-state index in [4.69, 9.17) is 4.74 Å². The van der Waals surface area contributed by atoms with Crippen LogP contribution in [0, 0.1) is 5.92 Å². The SMILES string of the molecule is COc1ccc(CN(C)c2nccc3cc(NC(=O)C4CC4)nnc23)cc1. The zero-order valence-electron chi connectivity index (χ0n) is 15.3. The molecule has 3 aromatic rings. The zero-order valence-corrected chi connectivity index (χ0v) is 15.3. The van der Waals surface area contributed by atoms with Gasteiger partial charge < -0.3 is 15.0 Å². The molecule has 1 aliphatic rings. The number of aromatic nitrogens is 3. The summed E-state index contributed by atoms with van der Waals surface area (Å²) in [5.74, 6) is 2.21. The summed E-state index contributed by atoms with van der Waals surface area (Å²) in [6, 6.07) is 11.6. The minimum Gasteiger partial charge on any atom is -0.497 e. The molecule has 1 aromatic carbocycles. The number of anilines is 2. The van der Waals surface area contributed by atoms with E-state index in [0.29, 0.717) is 17.9 Å². The third-order valence-corrected chi connectivity index (χ3v) is 4.63. The second kappa shape index (κ2) is 7.19. The van der Waals surface area contributed by atoms with Gasteiger partial charge in [0.05, 0.1) is 7.11 Å². The number of rotatable bonds is 6. The van der Waals surface area contributed by atoms with E-state index in [9.17, 15) is 4.79 Å². The minimum atomic E-state index is 0.0227. The molecule has 2 aromatic heterocycles. The number of pyridine rings is 1. The van der Waals surface area contributed by atoms with E-state index in [-0.39, 0.29) is 11.8 Å². The molecule has 7 heteroatoms. The molecule has 4 rings (SSSR count). The molecule has 7 nitrogen and oxygen atoms in total. The summed E-state index contributed by atoms with van der Waals surface area (Å²) in [6.07, 6.45) is 3.66. The van der Waals surface area contributed by atoms with Crippen molar-refractivity contribution >= 4 is 28.4 Å². The lowest BCUT2D eigenvalue weighted by atomic mass is 10.2.